The summed E-state index contributed by atoms with van der Waals surface area (Å²) >= 11 is 1.47. The molecule has 0 saturated carbocycles. The molecule has 0 amide bonds. The third-order valence-corrected chi connectivity index (χ3v) is 3.32. The Morgan fingerprint density at radius 3 is 3.14 bits per heavy atom. The Kier molecular flexibility index (Phi) is 2.93. The number of hydrogen-bond acceptors (Lipinski definition) is 4. The van der Waals surface area contributed by atoms with Crippen molar-refractivity contribution in [3.8, 4) is 0 Å². The molecule has 0 aromatic carbocycles. The minimum atomic E-state index is 0.0589. The molecule has 1 aliphatic heterocycles. The van der Waals surface area contributed by atoms with Crippen LogP contribution < -0.4 is 0 Å². The highest BCUT2D eigenvalue weighted by Crippen LogP contribution is 2.22. The Morgan fingerprint density at radius 2 is 2.57 bits per heavy atom. The predicted molar refractivity (Wildman–Crippen MR) is 54.7 cm³/mol. The average molecular weight is 211 g/mol. The highest BCUT2D eigenvalue weighted by molar-refractivity contribution is 7.13. The van der Waals surface area contributed by atoms with Crippen LogP contribution in [-0.2, 0) is 4.74 Å². The van der Waals surface area contributed by atoms with Gasteiger partial charge in [0, 0.05) is 18.7 Å². The van der Waals surface area contributed by atoms with E-state index in [0.717, 1.165) is 29.3 Å². The monoisotopic (exact) mass is 211 g/mol. The van der Waals surface area contributed by atoms with E-state index in [1.165, 1.54) is 11.3 Å². The molecule has 1 saturated heterocycles. The number of thiazole rings is 1. The number of nitrogens with zero attached hydrogens (tertiary/aromatic N) is 1. The standard InChI is InChI=1S/C10H13NO2S/c1-7-11-5-9(14-7)10(12)8-3-2-4-13-6-8/h5,8H,2-4,6H2,1H3. The van der Waals surface area contributed by atoms with E-state index in [0.29, 0.717) is 6.61 Å². The molecule has 2 rings (SSSR count). The van der Waals surface area contributed by atoms with Crippen molar-refractivity contribution >= 4 is 17.1 Å². The first kappa shape index (κ1) is 9.80. The van der Waals surface area contributed by atoms with Crippen LogP contribution in [0.2, 0.25) is 0 Å². The Bertz CT molecular complexity index is 329. The fraction of sp³-hybridized carbons (Fsp3) is 0.600. The van der Waals surface area contributed by atoms with Gasteiger partial charge >= 0.3 is 0 Å². The van der Waals surface area contributed by atoms with E-state index in [2.05, 4.69) is 4.98 Å². The molecule has 0 spiro atoms. The van der Waals surface area contributed by atoms with Crippen molar-refractivity contribution in [2.45, 2.75) is 19.8 Å². The van der Waals surface area contributed by atoms with Gasteiger partial charge in [0.2, 0.25) is 0 Å². The summed E-state index contributed by atoms with van der Waals surface area (Å²) in [6.07, 6.45) is 3.63. The number of aromatic nitrogens is 1. The summed E-state index contributed by atoms with van der Waals surface area (Å²) in [5.74, 6) is 0.263. The van der Waals surface area contributed by atoms with E-state index in [1.807, 2.05) is 6.92 Å². The second-order valence-electron chi connectivity index (χ2n) is 3.52. The molecule has 4 heteroatoms. The van der Waals surface area contributed by atoms with Gasteiger partial charge in [0.25, 0.3) is 0 Å². The second-order valence-corrected chi connectivity index (χ2v) is 4.76. The minimum absolute atomic E-state index is 0.0589. The molecule has 76 valence electrons. The normalized spacial score (nSPS) is 22.2. The largest absolute Gasteiger partial charge is 0.381 e. The van der Waals surface area contributed by atoms with Gasteiger partial charge in [-0.15, -0.1) is 11.3 Å². The molecule has 0 N–H and O–H groups in total. The van der Waals surface area contributed by atoms with Crippen molar-refractivity contribution in [1.82, 2.24) is 4.98 Å². The molecule has 2 heterocycles. The Hall–Kier alpha value is -0.740. The maximum atomic E-state index is 11.9. The fourth-order valence-corrected chi connectivity index (χ4v) is 2.42. The minimum Gasteiger partial charge on any atom is -0.381 e. The highest BCUT2D eigenvalue weighted by atomic mass is 32.1. The van der Waals surface area contributed by atoms with Gasteiger partial charge in [-0.25, -0.2) is 4.98 Å². The first-order valence-corrected chi connectivity index (χ1v) is 5.63. The van der Waals surface area contributed by atoms with Gasteiger partial charge in [0.1, 0.15) is 0 Å². The molecule has 1 aliphatic rings. The number of carbonyl (C=O) groups is 1. The molecular formula is C10H13NO2S. The Labute approximate surface area is 87.1 Å². The summed E-state index contributed by atoms with van der Waals surface area (Å²) in [5.41, 5.74) is 0. The van der Waals surface area contributed by atoms with Gasteiger partial charge in [0.05, 0.1) is 16.5 Å². The van der Waals surface area contributed by atoms with Crippen LogP contribution >= 0.6 is 11.3 Å². The van der Waals surface area contributed by atoms with Crippen molar-refractivity contribution in [2.24, 2.45) is 5.92 Å². The van der Waals surface area contributed by atoms with Gasteiger partial charge < -0.3 is 4.74 Å². The van der Waals surface area contributed by atoms with Gasteiger partial charge in [0.15, 0.2) is 5.78 Å². The van der Waals surface area contributed by atoms with E-state index in [4.69, 9.17) is 4.74 Å². The summed E-state index contributed by atoms with van der Waals surface area (Å²) in [4.78, 5) is 16.8. The van der Waals surface area contributed by atoms with Crippen LogP contribution in [-0.4, -0.2) is 24.0 Å². The maximum Gasteiger partial charge on any atom is 0.179 e. The summed E-state index contributed by atoms with van der Waals surface area (Å²) in [6, 6.07) is 0. The smallest absolute Gasteiger partial charge is 0.179 e. The quantitative estimate of drug-likeness (QED) is 0.703. The number of hydrogen-bond donors (Lipinski definition) is 0. The van der Waals surface area contributed by atoms with Gasteiger partial charge in [-0.2, -0.15) is 0 Å². The Morgan fingerprint density at radius 1 is 1.71 bits per heavy atom. The van der Waals surface area contributed by atoms with Gasteiger partial charge in [-0.05, 0) is 19.8 Å². The van der Waals surface area contributed by atoms with Crippen LogP contribution in [0.15, 0.2) is 6.20 Å². The van der Waals surface area contributed by atoms with Crippen LogP contribution in [0, 0.1) is 12.8 Å². The van der Waals surface area contributed by atoms with Crippen molar-refractivity contribution in [3.05, 3.63) is 16.1 Å². The molecule has 0 bridgehead atoms. The summed E-state index contributed by atoms with van der Waals surface area (Å²) in [6.45, 7) is 3.29. The number of Topliss-reactive ketones (excluding diaryl/α,β-unsaturated/α-hetero) is 1. The van der Waals surface area contributed by atoms with Crippen LogP contribution in [0.3, 0.4) is 0 Å². The molecule has 1 aromatic rings. The van der Waals surface area contributed by atoms with E-state index >= 15 is 0 Å². The van der Waals surface area contributed by atoms with Crippen LogP contribution in [0.4, 0.5) is 0 Å². The molecule has 14 heavy (non-hydrogen) atoms. The number of rotatable bonds is 2. The Balaban J connectivity index is 2.07. The fourth-order valence-electron chi connectivity index (χ4n) is 1.62. The van der Waals surface area contributed by atoms with E-state index < -0.39 is 0 Å². The lowest BCUT2D eigenvalue weighted by Crippen LogP contribution is -2.24. The zero-order chi connectivity index (χ0) is 9.97. The third kappa shape index (κ3) is 2.01. The number of aryl methyl sites for hydroxylation is 1. The molecule has 1 fully saturated rings. The molecule has 1 aromatic heterocycles. The maximum absolute atomic E-state index is 11.9. The summed E-state index contributed by atoms with van der Waals surface area (Å²) in [5, 5.41) is 0.949. The van der Waals surface area contributed by atoms with Gasteiger partial charge in [-0.3, -0.25) is 4.79 Å². The predicted octanol–water partition coefficient (Wildman–Crippen LogP) is 2.06. The lowest BCUT2D eigenvalue weighted by Gasteiger charge is -2.19. The molecule has 1 unspecified atom stereocenters. The molecule has 0 radical (unpaired) electrons. The van der Waals surface area contributed by atoms with E-state index in [-0.39, 0.29) is 11.7 Å². The number of carbonyl (C=O) groups excluding carboxylic acids is 1. The average Bonchev–Trinajstić information content (AvgIpc) is 2.65. The number of ketones is 1. The molecule has 0 aliphatic carbocycles. The van der Waals surface area contributed by atoms with Crippen LogP contribution in [0.25, 0.3) is 0 Å². The third-order valence-electron chi connectivity index (χ3n) is 2.40. The summed E-state index contributed by atoms with van der Waals surface area (Å²) in [7, 11) is 0. The first-order valence-electron chi connectivity index (χ1n) is 4.82. The topological polar surface area (TPSA) is 39.2 Å². The van der Waals surface area contributed by atoms with Crippen molar-refractivity contribution in [3.63, 3.8) is 0 Å². The van der Waals surface area contributed by atoms with Gasteiger partial charge in [-0.1, -0.05) is 0 Å². The van der Waals surface area contributed by atoms with Crippen LogP contribution in [0.1, 0.15) is 27.5 Å². The molecule has 3 nitrogen and oxygen atoms in total. The number of ether oxygens (including phenoxy) is 1. The van der Waals surface area contributed by atoms with Crippen molar-refractivity contribution in [2.75, 3.05) is 13.2 Å². The highest BCUT2D eigenvalue weighted by Gasteiger charge is 2.24. The molecular weight excluding hydrogens is 198 g/mol. The zero-order valence-corrected chi connectivity index (χ0v) is 8.97. The zero-order valence-electron chi connectivity index (χ0n) is 8.16. The SMILES string of the molecule is Cc1ncc(C(=O)C2CCCOC2)s1. The van der Waals surface area contributed by atoms with Crippen LogP contribution in [0.5, 0.6) is 0 Å². The van der Waals surface area contributed by atoms with Crippen molar-refractivity contribution < 1.29 is 9.53 Å². The van der Waals surface area contributed by atoms with E-state index in [9.17, 15) is 4.79 Å². The first-order chi connectivity index (χ1) is 6.77. The lowest BCUT2D eigenvalue weighted by atomic mass is 9.97. The molecule has 1 atom stereocenters. The lowest BCUT2D eigenvalue weighted by molar-refractivity contribution is 0.0464. The van der Waals surface area contributed by atoms with E-state index in [1.54, 1.807) is 6.20 Å². The van der Waals surface area contributed by atoms with Crippen molar-refractivity contribution in [1.29, 1.82) is 0 Å². The second kappa shape index (κ2) is 4.19. The summed E-state index contributed by atoms with van der Waals surface area (Å²) < 4.78 is 5.29.